The fourth-order valence-electron chi connectivity index (χ4n) is 2.78. The van der Waals surface area contributed by atoms with E-state index in [2.05, 4.69) is 10.7 Å². The Morgan fingerprint density at radius 1 is 1.13 bits per heavy atom. The molecule has 156 valence electrons. The first-order valence-electron chi connectivity index (χ1n) is 9.37. The molecule has 2 aromatic rings. The number of hydrazine groups is 1. The molecule has 2 amide bonds. The van der Waals surface area contributed by atoms with Gasteiger partial charge in [-0.15, -0.1) is 0 Å². The van der Waals surface area contributed by atoms with E-state index in [0.29, 0.717) is 23.0 Å². The summed E-state index contributed by atoms with van der Waals surface area (Å²) >= 11 is 6.47. The molecule has 1 atom stereocenters. The third kappa shape index (κ3) is 5.58. The average molecular weight is 444 g/mol. The van der Waals surface area contributed by atoms with Gasteiger partial charge in [-0.2, -0.15) is 0 Å². The number of nitrogens with zero attached hydrogens (tertiary/aromatic N) is 1. The summed E-state index contributed by atoms with van der Waals surface area (Å²) < 4.78 is 5.27. The Kier molecular flexibility index (Phi) is 7.42. The number of thioether (sulfide) groups is 1. The minimum atomic E-state index is -0.459. The van der Waals surface area contributed by atoms with Gasteiger partial charge in [-0.3, -0.25) is 15.0 Å². The Labute approximate surface area is 184 Å². The number of amides is 2. The zero-order chi connectivity index (χ0) is 21.5. The van der Waals surface area contributed by atoms with Crippen molar-refractivity contribution in [1.82, 2.24) is 10.4 Å². The predicted molar refractivity (Wildman–Crippen MR) is 120 cm³/mol. The molecule has 7 nitrogen and oxygen atoms in total. The smallest absolute Gasteiger partial charge is 0.338 e. The number of anilines is 1. The van der Waals surface area contributed by atoms with Crippen molar-refractivity contribution in [1.29, 1.82) is 0 Å². The van der Waals surface area contributed by atoms with E-state index >= 15 is 0 Å². The minimum absolute atomic E-state index is 0.160. The molecule has 1 heterocycles. The standard InChI is InChI=1S/C21H21N3O4S2/c1-2-28-20(27)15-8-10-16(11-9-15)22-13-17-19(26)24(21(29)30-17)23-18(25)12-14-6-4-3-5-7-14/h3-11,17,22H,2,12-13H2,1H3,(H,23,25). The SMILES string of the molecule is CCOC(=O)c1ccc(NCC2SC(=S)N(NC(=O)Cc3ccccc3)C2=O)cc1. The number of thiocarbonyl (C=S) groups is 1. The lowest BCUT2D eigenvalue weighted by atomic mass is 10.1. The van der Waals surface area contributed by atoms with Gasteiger partial charge < -0.3 is 10.1 Å². The molecule has 0 bridgehead atoms. The largest absolute Gasteiger partial charge is 0.462 e. The number of ether oxygens (including phenoxy) is 1. The summed E-state index contributed by atoms with van der Waals surface area (Å²) in [6, 6.07) is 16.1. The van der Waals surface area contributed by atoms with Crippen LogP contribution in [0.2, 0.25) is 0 Å². The van der Waals surface area contributed by atoms with Crippen molar-refractivity contribution in [3.05, 3.63) is 65.7 Å². The second kappa shape index (κ2) is 10.2. The number of hydrogen-bond donors (Lipinski definition) is 2. The van der Waals surface area contributed by atoms with Gasteiger partial charge in [-0.25, -0.2) is 9.80 Å². The van der Waals surface area contributed by atoms with Crippen LogP contribution in [0.1, 0.15) is 22.8 Å². The lowest BCUT2D eigenvalue weighted by molar-refractivity contribution is -0.135. The lowest BCUT2D eigenvalue weighted by Crippen LogP contribution is -2.47. The first-order chi connectivity index (χ1) is 14.5. The second-order valence-electron chi connectivity index (χ2n) is 6.42. The Morgan fingerprint density at radius 3 is 2.50 bits per heavy atom. The highest BCUT2D eigenvalue weighted by molar-refractivity contribution is 8.24. The first kappa shape index (κ1) is 21.8. The molecule has 1 aliphatic heterocycles. The van der Waals surface area contributed by atoms with E-state index in [1.807, 2.05) is 30.3 Å². The number of benzene rings is 2. The molecule has 3 rings (SSSR count). The number of esters is 1. The van der Waals surface area contributed by atoms with Crippen LogP contribution in [0, 0.1) is 0 Å². The zero-order valence-corrected chi connectivity index (χ0v) is 17.9. The van der Waals surface area contributed by atoms with Crippen LogP contribution in [-0.4, -0.2) is 45.5 Å². The van der Waals surface area contributed by atoms with Gasteiger partial charge >= 0.3 is 5.97 Å². The van der Waals surface area contributed by atoms with E-state index in [9.17, 15) is 14.4 Å². The number of rotatable bonds is 8. The zero-order valence-electron chi connectivity index (χ0n) is 16.3. The number of carbonyl (C=O) groups excluding carboxylic acids is 3. The summed E-state index contributed by atoms with van der Waals surface area (Å²) in [4.78, 5) is 36.6. The molecule has 1 saturated heterocycles. The molecular formula is C21H21N3O4S2. The van der Waals surface area contributed by atoms with Crippen molar-refractivity contribution in [3.8, 4) is 0 Å². The van der Waals surface area contributed by atoms with Crippen LogP contribution in [0.25, 0.3) is 0 Å². The van der Waals surface area contributed by atoms with Crippen LogP contribution < -0.4 is 10.7 Å². The van der Waals surface area contributed by atoms with Crippen molar-refractivity contribution >= 4 is 51.8 Å². The summed E-state index contributed by atoms with van der Waals surface area (Å²) in [5.74, 6) is -0.958. The van der Waals surface area contributed by atoms with E-state index in [-0.39, 0.29) is 24.2 Å². The maximum atomic E-state index is 12.6. The van der Waals surface area contributed by atoms with E-state index in [0.717, 1.165) is 16.3 Å². The Balaban J connectivity index is 1.52. The van der Waals surface area contributed by atoms with Crippen molar-refractivity contribution < 1.29 is 19.1 Å². The molecule has 30 heavy (non-hydrogen) atoms. The molecule has 0 saturated carbocycles. The molecule has 9 heteroatoms. The third-order valence-electron chi connectivity index (χ3n) is 4.25. The Hall–Kier alpha value is -2.91. The number of nitrogens with one attached hydrogen (secondary N) is 2. The molecule has 1 fully saturated rings. The summed E-state index contributed by atoms with van der Waals surface area (Å²) in [6.45, 7) is 2.40. The summed E-state index contributed by atoms with van der Waals surface area (Å²) in [5.41, 5.74) is 4.66. The van der Waals surface area contributed by atoms with Gasteiger partial charge in [0.1, 0.15) is 5.25 Å². The maximum Gasteiger partial charge on any atom is 0.338 e. The monoisotopic (exact) mass is 443 g/mol. The van der Waals surface area contributed by atoms with Crippen molar-refractivity contribution in [3.63, 3.8) is 0 Å². The predicted octanol–water partition coefficient (Wildman–Crippen LogP) is 2.78. The van der Waals surface area contributed by atoms with Gasteiger partial charge in [0.2, 0.25) is 5.91 Å². The normalized spacial score (nSPS) is 15.8. The fourth-order valence-corrected chi connectivity index (χ4v) is 4.12. The quantitative estimate of drug-likeness (QED) is 0.479. The van der Waals surface area contributed by atoms with Gasteiger partial charge in [0.05, 0.1) is 18.6 Å². The molecule has 0 aromatic heterocycles. The lowest BCUT2D eigenvalue weighted by Gasteiger charge is -2.17. The number of carbonyl (C=O) groups is 3. The fraction of sp³-hybridized carbons (Fsp3) is 0.238. The molecule has 2 N–H and O–H groups in total. The molecule has 1 unspecified atom stereocenters. The molecule has 0 spiro atoms. The van der Waals surface area contributed by atoms with Gasteiger partial charge in [0.15, 0.2) is 4.32 Å². The highest BCUT2D eigenvalue weighted by Gasteiger charge is 2.38. The van der Waals surface area contributed by atoms with Crippen LogP contribution >= 0.6 is 24.0 Å². The van der Waals surface area contributed by atoms with E-state index in [4.69, 9.17) is 17.0 Å². The van der Waals surface area contributed by atoms with Gasteiger partial charge in [-0.1, -0.05) is 54.3 Å². The average Bonchev–Trinajstić information content (AvgIpc) is 3.01. The van der Waals surface area contributed by atoms with Crippen LogP contribution in [0.4, 0.5) is 5.69 Å². The molecule has 0 radical (unpaired) electrons. The maximum absolute atomic E-state index is 12.6. The molecule has 0 aliphatic carbocycles. The Bertz CT molecular complexity index is 935. The summed E-state index contributed by atoms with van der Waals surface area (Å²) in [5, 5.41) is 3.84. The topological polar surface area (TPSA) is 87.7 Å². The summed E-state index contributed by atoms with van der Waals surface area (Å²) in [7, 11) is 0. The van der Waals surface area contributed by atoms with E-state index in [1.165, 1.54) is 11.8 Å². The first-order valence-corrected chi connectivity index (χ1v) is 10.7. The Morgan fingerprint density at radius 2 is 1.83 bits per heavy atom. The van der Waals surface area contributed by atoms with Crippen molar-refractivity contribution in [2.75, 3.05) is 18.5 Å². The van der Waals surface area contributed by atoms with Gasteiger partial charge in [0, 0.05) is 12.2 Å². The third-order valence-corrected chi connectivity index (χ3v) is 5.76. The van der Waals surface area contributed by atoms with Crippen LogP contribution in [0.15, 0.2) is 54.6 Å². The minimum Gasteiger partial charge on any atom is -0.462 e. The van der Waals surface area contributed by atoms with Gasteiger partial charge in [-0.05, 0) is 36.8 Å². The van der Waals surface area contributed by atoms with Crippen LogP contribution in [0.5, 0.6) is 0 Å². The van der Waals surface area contributed by atoms with Crippen molar-refractivity contribution in [2.24, 2.45) is 0 Å². The second-order valence-corrected chi connectivity index (χ2v) is 8.26. The van der Waals surface area contributed by atoms with Crippen LogP contribution in [0.3, 0.4) is 0 Å². The highest BCUT2D eigenvalue weighted by Crippen LogP contribution is 2.26. The van der Waals surface area contributed by atoms with Crippen LogP contribution in [-0.2, 0) is 20.7 Å². The molecule has 1 aliphatic rings. The van der Waals surface area contributed by atoms with E-state index < -0.39 is 5.25 Å². The summed E-state index contributed by atoms with van der Waals surface area (Å²) in [6.07, 6.45) is 0.160. The molecular weight excluding hydrogens is 422 g/mol. The van der Waals surface area contributed by atoms with Crippen molar-refractivity contribution in [2.45, 2.75) is 18.6 Å². The van der Waals surface area contributed by atoms with E-state index in [1.54, 1.807) is 31.2 Å². The number of hydrogen-bond acceptors (Lipinski definition) is 7. The highest BCUT2D eigenvalue weighted by atomic mass is 32.2. The van der Waals surface area contributed by atoms with Gasteiger partial charge in [0.25, 0.3) is 5.91 Å². The molecule has 2 aromatic carbocycles.